The summed E-state index contributed by atoms with van der Waals surface area (Å²) in [7, 11) is 0. The van der Waals surface area contributed by atoms with Crippen molar-refractivity contribution in [2.45, 2.75) is 0 Å². The van der Waals surface area contributed by atoms with Crippen molar-refractivity contribution in [3.63, 3.8) is 0 Å². The van der Waals surface area contributed by atoms with Gasteiger partial charge in [0.05, 0.1) is 11.3 Å². The summed E-state index contributed by atoms with van der Waals surface area (Å²) in [5.74, 6) is -0.936. The summed E-state index contributed by atoms with van der Waals surface area (Å²) in [6.07, 6.45) is 1.51. The smallest absolute Gasteiger partial charge is 0.274 e. The van der Waals surface area contributed by atoms with E-state index in [1.54, 1.807) is 60.7 Å². The number of rotatable bonds is 2. The van der Waals surface area contributed by atoms with Gasteiger partial charge in [0.1, 0.15) is 5.69 Å². The second kappa shape index (κ2) is 5.79. The van der Waals surface area contributed by atoms with Gasteiger partial charge >= 0.3 is 0 Å². The van der Waals surface area contributed by atoms with Gasteiger partial charge in [-0.2, -0.15) is 0 Å². The summed E-state index contributed by atoms with van der Waals surface area (Å²) < 4.78 is 0. The molecule has 0 saturated heterocycles. The maximum atomic E-state index is 12.9. The number of carbonyl (C=O) groups is 3. The Morgan fingerprint density at radius 3 is 2.16 bits per heavy atom. The second-order valence-electron chi connectivity index (χ2n) is 5.60. The minimum absolute atomic E-state index is 0.218. The molecule has 0 atom stereocenters. The molecule has 1 aliphatic rings. The molecule has 0 saturated carbocycles. The van der Waals surface area contributed by atoms with Gasteiger partial charge in [0, 0.05) is 22.9 Å². The normalized spacial score (nSPS) is 12.3. The summed E-state index contributed by atoms with van der Waals surface area (Å²) in [4.78, 5) is 41.9. The van der Waals surface area contributed by atoms with Crippen LogP contribution in [0.3, 0.4) is 0 Å². The third-order valence-corrected chi connectivity index (χ3v) is 4.10. The highest BCUT2D eigenvalue weighted by Gasteiger charge is 2.31. The molecule has 0 unspecified atom stereocenters. The molecule has 120 valence electrons. The minimum atomic E-state index is -0.437. The largest absolute Gasteiger partial charge is 0.320 e. The predicted octanol–water partition coefficient (Wildman–Crippen LogP) is 3.11. The molecule has 0 spiro atoms. The number of benzene rings is 2. The number of ketones is 2. The van der Waals surface area contributed by atoms with Crippen LogP contribution >= 0.6 is 0 Å². The molecule has 1 heterocycles. The summed E-state index contributed by atoms with van der Waals surface area (Å²) in [5, 5.41) is 2.69. The molecule has 0 bridgehead atoms. The Labute approximate surface area is 143 Å². The van der Waals surface area contributed by atoms with Crippen LogP contribution in [0.4, 0.5) is 5.69 Å². The Morgan fingerprint density at radius 2 is 1.44 bits per heavy atom. The van der Waals surface area contributed by atoms with E-state index in [1.807, 2.05) is 0 Å². The maximum absolute atomic E-state index is 12.9. The Hall–Kier alpha value is -3.60. The third-order valence-electron chi connectivity index (χ3n) is 4.10. The molecule has 3 aromatic rings. The number of nitrogens with one attached hydrogen (secondary N) is 1. The van der Waals surface area contributed by atoms with Crippen LogP contribution in [-0.2, 0) is 0 Å². The van der Waals surface area contributed by atoms with Gasteiger partial charge in [0.25, 0.3) is 5.91 Å². The average Bonchev–Trinajstić information content (AvgIpc) is 2.66. The lowest BCUT2D eigenvalue weighted by Gasteiger charge is -2.20. The van der Waals surface area contributed by atoms with E-state index in [2.05, 4.69) is 10.3 Å². The summed E-state index contributed by atoms with van der Waals surface area (Å²) in [5.41, 5.74) is 1.78. The zero-order chi connectivity index (χ0) is 17.4. The zero-order valence-electron chi connectivity index (χ0n) is 13.0. The second-order valence-corrected chi connectivity index (χ2v) is 5.60. The molecule has 1 amide bonds. The summed E-state index contributed by atoms with van der Waals surface area (Å²) in [6, 6.07) is 16.5. The molecule has 0 aliphatic heterocycles. The zero-order valence-corrected chi connectivity index (χ0v) is 13.0. The molecule has 5 heteroatoms. The van der Waals surface area contributed by atoms with E-state index in [0.29, 0.717) is 22.4 Å². The first kappa shape index (κ1) is 15.0. The van der Waals surface area contributed by atoms with Gasteiger partial charge in [-0.15, -0.1) is 0 Å². The monoisotopic (exact) mass is 328 g/mol. The predicted molar refractivity (Wildman–Crippen MR) is 91.9 cm³/mol. The van der Waals surface area contributed by atoms with E-state index in [0.717, 1.165) is 0 Å². The van der Waals surface area contributed by atoms with Crippen LogP contribution in [-0.4, -0.2) is 22.5 Å². The van der Waals surface area contributed by atoms with Gasteiger partial charge < -0.3 is 5.32 Å². The van der Waals surface area contributed by atoms with Crippen LogP contribution in [0.15, 0.2) is 66.9 Å². The van der Waals surface area contributed by atoms with Gasteiger partial charge in [-0.3, -0.25) is 19.4 Å². The lowest BCUT2D eigenvalue weighted by Crippen LogP contribution is -2.24. The van der Waals surface area contributed by atoms with Crippen molar-refractivity contribution in [2.75, 3.05) is 5.32 Å². The number of carbonyl (C=O) groups excluding carboxylic acids is 3. The van der Waals surface area contributed by atoms with E-state index in [-0.39, 0.29) is 22.8 Å². The van der Waals surface area contributed by atoms with Crippen molar-refractivity contribution in [2.24, 2.45) is 0 Å². The number of hydrogen-bond acceptors (Lipinski definition) is 4. The van der Waals surface area contributed by atoms with Crippen LogP contribution in [0.25, 0.3) is 0 Å². The number of anilines is 1. The number of aromatic nitrogens is 1. The van der Waals surface area contributed by atoms with Crippen molar-refractivity contribution in [1.82, 2.24) is 4.98 Å². The molecular formula is C20H12N2O3. The molecule has 5 nitrogen and oxygen atoms in total. The summed E-state index contributed by atoms with van der Waals surface area (Å²) >= 11 is 0. The standard InChI is InChI=1S/C20H12N2O3/c23-18-12-6-1-2-7-13(12)19(24)17-14(18)8-5-10-15(17)22-20(25)16-9-3-4-11-21-16/h1-11H,(H,22,25). The van der Waals surface area contributed by atoms with Gasteiger partial charge in [0.2, 0.25) is 0 Å². The number of pyridine rings is 1. The Kier molecular flexibility index (Phi) is 3.47. The first-order valence-corrected chi connectivity index (χ1v) is 7.70. The van der Waals surface area contributed by atoms with Gasteiger partial charge in [0.15, 0.2) is 11.6 Å². The third kappa shape index (κ3) is 2.42. The van der Waals surface area contributed by atoms with Crippen LogP contribution in [0.1, 0.15) is 42.3 Å². The van der Waals surface area contributed by atoms with Gasteiger partial charge in [-0.1, -0.05) is 42.5 Å². The van der Waals surface area contributed by atoms with Crippen LogP contribution in [0, 0.1) is 0 Å². The molecule has 0 fully saturated rings. The van der Waals surface area contributed by atoms with Crippen molar-refractivity contribution >= 4 is 23.2 Å². The fourth-order valence-electron chi connectivity index (χ4n) is 2.93. The average molecular weight is 328 g/mol. The summed E-state index contributed by atoms with van der Waals surface area (Å²) in [6.45, 7) is 0. The number of fused-ring (bicyclic) bond motifs is 2. The molecular weight excluding hydrogens is 316 g/mol. The first-order chi connectivity index (χ1) is 12.2. The van der Waals surface area contributed by atoms with Crippen LogP contribution in [0.2, 0.25) is 0 Å². The molecule has 25 heavy (non-hydrogen) atoms. The minimum Gasteiger partial charge on any atom is -0.320 e. The topological polar surface area (TPSA) is 76.1 Å². The van der Waals surface area contributed by atoms with Crippen molar-refractivity contribution in [1.29, 1.82) is 0 Å². The van der Waals surface area contributed by atoms with Gasteiger partial charge in [-0.05, 0) is 18.2 Å². The van der Waals surface area contributed by atoms with E-state index in [4.69, 9.17) is 0 Å². The van der Waals surface area contributed by atoms with E-state index in [9.17, 15) is 14.4 Å². The highest BCUT2D eigenvalue weighted by molar-refractivity contribution is 6.30. The molecule has 4 rings (SSSR count). The van der Waals surface area contributed by atoms with Crippen molar-refractivity contribution in [3.8, 4) is 0 Å². The van der Waals surface area contributed by atoms with E-state index < -0.39 is 5.91 Å². The van der Waals surface area contributed by atoms with Gasteiger partial charge in [-0.25, -0.2) is 0 Å². The maximum Gasteiger partial charge on any atom is 0.274 e. The number of hydrogen-bond donors (Lipinski definition) is 1. The molecule has 2 aromatic carbocycles. The Bertz CT molecular complexity index is 1030. The number of nitrogens with zero attached hydrogens (tertiary/aromatic N) is 1. The SMILES string of the molecule is O=C(Nc1cccc2c1C(=O)c1ccccc1C2=O)c1ccccn1. The highest BCUT2D eigenvalue weighted by Crippen LogP contribution is 2.32. The molecule has 1 aliphatic carbocycles. The van der Waals surface area contributed by atoms with E-state index >= 15 is 0 Å². The fourth-order valence-corrected chi connectivity index (χ4v) is 2.93. The van der Waals surface area contributed by atoms with Crippen LogP contribution < -0.4 is 5.32 Å². The van der Waals surface area contributed by atoms with E-state index in [1.165, 1.54) is 6.20 Å². The molecule has 1 aromatic heterocycles. The number of amides is 1. The quantitative estimate of drug-likeness (QED) is 0.613. The highest BCUT2D eigenvalue weighted by atomic mass is 16.2. The Morgan fingerprint density at radius 1 is 0.760 bits per heavy atom. The lowest BCUT2D eigenvalue weighted by molar-refractivity contribution is 0.0978. The Balaban J connectivity index is 1.79. The molecule has 1 N–H and O–H groups in total. The lowest BCUT2D eigenvalue weighted by atomic mass is 9.83. The first-order valence-electron chi connectivity index (χ1n) is 7.70. The van der Waals surface area contributed by atoms with Crippen LogP contribution in [0.5, 0.6) is 0 Å². The fraction of sp³-hybridized carbons (Fsp3) is 0. The van der Waals surface area contributed by atoms with Crippen molar-refractivity contribution in [3.05, 3.63) is 94.8 Å². The molecule has 0 radical (unpaired) electrons. The van der Waals surface area contributed by atoms with Crippen molar-refractivity contribution < 1.29 is 14.4 Å².